The first-order valence-electron chi connectivity index (χ1n) is 13.2. The standard InChI is InChI=1S/C28H42N4O3/c1-27(2,3)21-16-20(17-22(23(21)33)28(4,5)6)25-29-24(26(34)31-12-14-35-15-13-31)30-32(25)18-19-10-8-7-9-11-19/h16-17,19,33H,7-15,18H2,1-6H3. The van der Waals surface area contributed by atoms with Crippen LogP contribution in [0.15, 0.2) is 12.1 Å². The van der Waals surface area contributed by atoms with Crippen LogP contribution in [0.25, 0.3) is 11.4 Å². The first-order valence-corrected chi connectivity index (χ1v) is 13.2. The Hall–Kier alpha value is -2.41. The Morgan fingerprint density at radius 2 is 1.57 bits per heavy atom. The molecule has 2 aliphatic rings. The molecule has 2 heterocycles. The van der Waals surface area contributed by atoms with Gasteiger partial charge in [-0.05, 0) is 41.7 Å². The van der Waals surface area contributed by atoms with Crippen molar-refractivity contribution in [2.45, 2.75) is 91.0 Å². The average molecular weight is 483 g/mol. The Morgan fingerprint density at radius 1 is 1.00 bits per heavy atom. The molecule has 1 saturated carbocycles. The Bertz CT molecular complexity index is 1010. The van der Waals surface area contributed by atoms with E-state index in [0.29, 0.717) is 43.8 Å². The monoisotopic (exact) mass is 482 g/mol. The van der Waals surface area contributed by atoms with Crippen LogP contribution in [-0.4, -0.2) is 57.0 Å². The quantitative estimate of drug-likeness (QED) is 0.640. The predicted octanol–water partition coefficient (Wildman–Crippen LogP) is 5.30. The normalized spacial score (nSPS) is 18.2. The molecule has 7 heteroatoms. The summed E-state index contributed by atoms with van der Waals surface area (Å²) in [5.74, 6) is 1.71. The number of carbonyl (C=O) groups excluding carboxylic acids is 1. The molecule has 1 aliphatic carbocycles. The van der Waals surface area contributed by atoms with E-state index < -0.39 is 0 Å². The van der Waals surface area contributed by atoms with E-state index in [0.717, 1.165) is 23.2 Å². The molecule has 0 spiro atoms. The van der Waals surface area contributed by atoms with Gasteiger partial charge in [0.1, 0.15) is 5.75 Å². The molecular formula is C28H42N4O3. The molecule has 4 rings (SSSR count). The first-order chi connectivity index (χ1) is 16.4. The number of amides is 1. The molecule has 7 nitrogen and oxygen atoms in total. The van der Waals surface area contributed by atoms with Crippen LogP contribution in [0.4, 0.5) is 0 Å². The van der Waals surface area contributed by atoms with Gasteiger partial charge in [0.2, 0.25) is 5.82 Å². The zero-order valence-electron chi connectivity index (χ0n) is 22.4. The van der Waals surface area contributed by atoms with Gasteiger partial charge in [-0.2, -0.15) is 0 Å². The molecule has 35 heavy (non-hydrogen) atoms. The molecule has 192 valence electrons. The molecule has 1 aromatic heterocycles. The summed E-state index contributed by atoms with van der Waals surface area (Å²) in [5.41, 5.74) is 2.17. The second-order valence-electron chi connectivity index (χ2n) is 12.3. The number of phenols is 1. The van der Waals surface area contributed by atoms with Crippen molar-refractivity contribution in [2.75, 3.05) is 26.3 Å². The summed E-state index contributed by atoms with van der Waals surface area (Å²) in [6.45, 7) is 15.6. The second-order valence-corrected chi connectivity index (χ2v) is 12.3. The summed E-state index contributed by atoms with van der Waals surface area (Å²) in [6.07, 6.45) is 6.15. The number of nitrogens with zero attached hydrogens (tertiary/aromatic N) is 4. The number of carbonyl (C=O) groups is 1. The number of hydrogen-bond donors (Lipinski definition) is 1. The fraction of sp³-hybridized carbons (Fsp3) is 0.679. The van der Waals surface area contributed by atoms with E-state index >= 15 is 0 Å². The Balaban J connectivity index is 1.82. The van der Waals surface area contributed by atoms with Gasteiger partial charge in [0.25, 0.3) is 5.91 Å². The predicted molar refractivity (Wildman–Crippen MR) is 138 cm³/mol. The maximum Gasteiger partial charge on any atom is 0.293 e. The third-order valence-corrected chi connectivity index (χ3v) is 7.30. The topological polar surface area (TPSA) is 80.5 Å². The van der Waals surface area contributed by atoms with Gasteiger partial charge in [-0.15, -0.1) is 5.10 Å². The average Bonchev–Trinajstić information content (AvgIpc) is 3.22. The van der Waals surface area contributed by atoms with Crippen molar-refractivity contribution in [2.24, 2.45) is 5.92 Å². The molecule has 0 atom stereocenters. The van der Waals surface area contributed by atoms with E-state index in [4.69, 9.17) is 14.8 Å². The number of aromatic nitrogens is 3. The fourth-order valence-electron chi connectivity index (χ4n) is 5.20. The van der Waals surface area contributed by atoms with Gasteiger partial charge in [-0.1, -0.05) is 60.8 Å². The molecule has 2 aromatic rings. The number of phenolic OH excluding ortho intramolecular Hbond substituents is 1. The minimum Gasteiger partial charge on any atom is -0.507 e. The van der Waals surface area contributed by atoms with Gasteiger partial charge >= 0.3 is 0 Å². The lowest BCUT2D eigenvalue weighted by molar-refractivity contribution is 0.0294. The maximum atomic E-state index is 13.3. The lowest BCUT2D eigenvalue weighted by atomic mass is 9.78. The number of hydrogen-bond acceptors (Lipinski definition) is 5. The van der Waals surface area contributed by atoms with Crippen molar-refractivity contribution in [1.82, 2.24) is 19.7 Å². The molecular weight excluding hydrogens is 440 g/mol. The smallest absolute Gasteiger partial charge is 0.293 e. The van der Waals surface area contributed by atoms with E-state index in [-0.39, 0.29) is 22.6 Å². The van der Waals surface area contributed by atoms with Gasteiger partial charge in [0, 0.05) is 36.3 Å². The number of benzene rings is 1. The van der Waals surface area contributed by atoms with Crippen molar-refractivity contribution in [3.63, 3.8) is 0 Å². The van der Waals surface area contributed by atoms with E-state index in [9.17, 15) is 9.90 Å². The van der Waals surface area contributed by atoms with Gasteiger partial charge in [-0.25, -0.2) is 9.67 Å². The van der Waals surface area contributed by atoms with E-state index in [1.54, 1.807) is 4.90 Å². The van der Waals surface area contributed by atoms with E-state index in [1.807, 2.05) is 16.8 Å². The molecule has 0 unspecified atom stereocenters. The molecule has 0 bridgehead atoms. The zero-order chi connectivity index (χ0) is 25.4. The van der Waals surface area contributed by atoms with Crippen LogP contribution >= 0.6 is 0 Å². The molecule has 1 saturated heterocycles. The summed E-state index contributed by atoms with van der Waals surface area (Å²) >= 11 is 0. The molecule has 0 radical (unpaired) electrons. The highest BCUT2D eigenvalue weighted by molar-refractivity contribution is 5.91. The lowest BCUT2D eigenvalue weighted by Gasteiger charge is -2.28. The summed E-state index contributed by atoms with van der Waals surface area (Å²) in [6, 6.07) is 4.07. The van der Waals surface area contributed by atoms with Crippen molar-refractivity contribution in [3.05, 3.63) is 29.1 Å². The fourth-order valence-corrected chi connectivity index (χ4v) is 5.20. The van der Waals surface area contributed by atoms with Crippen molar-refractivity contribution in [3.8, 4) is 17.1 Å². The van der Waals surface area contributed by atoms with Crippen molar-refractivity contribution < 1.29 is 14.6 Å². The van der Waals surface area contributed by atoms with Crippen molar-refractivity contribution in [1.29, 1.82) is 0 Å². The Labute approximate surface area is 209 Å². The van der Waals surface area contributed by atoms with Gasteiger partial charge in [-0.3, -0.25) is 4.79 Å². The highest BCUT2D eigenvalue weighted by Crippen LogP contribution is 2.42. The van der Waals surface area contributed by atoms with Gasteiger partial charge in [0.05, 0.1) is 13.2 Å². The minimum atomic E-state index is -0.249. The van der Waals surface area contributed by atoms with Crippen molar-refractivity contribution >= 4 is 5.91 Å². The van der Waals surface area contributed by atoms with Gasteiger partial charge in [0.15, 0.2) is 5.82 Å². The number of rotatable bonds is 4. The third-order valence-electron chi connectivity index (χ3n) is 7.30. The number of ether oxygens (including phenoxy) is 1. The van der Waals surface area contributed by atoms with Gasteiger partial charge < -0.3 is 14.7 Å². The van der Waals surface area contributed by atoms with Crippen LogP contribution in [0, 0.1) is 5.92 Å². The molecule has 1 N–H and O–H groups in total. The highest BCUT2D eigenvalue weighted by atomic mass is 16.5. The number of morpholine rings is 1. The minimum absolute atomic E-state index is 0.136. The highest BCUT2D eigenvalue weighted by Gasteiger charge is 2.30. The number of aromatic hydroxyl groups is 1. The summed E-state index contributed by atoms with van der Waals surface area (Å²) in [5, 5.41) is 16.0. The molecule has 1 amide bonds. The van der Waals surface area contributed by atoms with E-state index in [2.05, 4.69) is 41.5 Å². The largest absolute Gasteiger partial charge is 0.507 e. The molecule has 2 fully saturated rings. The first kappa shape index (κ1) is 25.7. The Kier molecular flexibility index (Phi) is 7.28. The summed E-state index contributed by atoms with van der Waals surface area (Å²) in [7, 11) is 0. The maximum absolute atomic E-state index is 13.3. The Morgan fingerprint density at radius 3 is 2.11 bits per heavy atom. The SMILES string of the molecule is CC(C)(C)c1cc(-c2nc(C(=O)N3CCOCC3)nn2CC2CCCCC2)cc(C(C)(C)C)c1O. The van der Waals surface area contributed by atoms with Crippen LogP contribution in [-0.2, 0) is 22.1 Å². The van der Waals surface area contributed by atoms with Crippen LogP contribution in [0.3, 0.4) is 0 Å². The lowest BCUT2D eigenvalue weighted by Crippen LogP contribution is -2.41. The zero-order valence-corrected chi connectivity index (χ0v) is 22.4. The molecule has 1 aromatic carbocycles. The van der Waals surface area contributed by atoms with Crippen LogP contribution in [0.2, 0.25) is 0 Å². The van der Waals surface area contributed by atoms with Crippen LogP contribution < -0.4 is 0 Å². The van der Waals surface area contributed by atoms with Crippen LogP contribution in [0.5, 0.6) is 5.75 Å². The molecule has 1 aliphatic heterocycles. The van der Waals surface area contributed by atoms with E-state index in [1.165, 1.54) is 32.1 Å². The van der Waals surface area contributed by atoms with Crippen LogP contribution in [0.1, 0.15) is 95.4 Å². The third kappa shape index (κ3) is 5.71. The second kappa shape index (κ2) is 9.92. The summed E-state index contributed by atoms with van der Waals surface area (Å²) < 4.78 is 7.38. The summed E-state index contributed by atoms with van der Waals surface area (Å²) in [4.78, 5) is 19.9.